The van der Waals surface area contributed by atoms with Crippen molar-refractivity contribution in [2.45, 2.75) is 0 Å². The van der Waals surface area contributed by atoms with Gasteiger partial charge < -0.3 is 18.0 Å². The first kappa shape index (κ1) is 35.0. The fourth-order valence-corrected chi connectivity index (χ4v) is 10.3. The van der Waals surface area contributed by atoms with Crippen molar-refractivity contribution in [1.29, 1.82) is 0 Å². The molecule has 4 heteroatoms. The van der Waals surface area contributed by atoms with E-state index in [0.29, 0.717) is 0 Å². The van der Waals surface area contributed by atoms with Crippen molar-refractivity contribution in [3.8, 4) is 44.8 Å². The molecular weight excluding hydrogens is 781 g/mol. The summed E-state index contributed by atoms with van der Waals surface area (Å²) in [5.41, 5.74) is 17.2. The van der Waals surface area contributed by atoms with Crippen LogP contribution in [0.2, 0.25) is 0 Å². The number of para-hydroxylation sites is 4. The Hall–Kier alpha value is -8.60. The molecule has 0 saturated heterocycles. The van der Waals surface area contributed by atoms with E-state index in [1.165, 1.54) is 10.8 Å². The first-order chi connectivity index (χ1) is 31.7. The molecule has 0 aliphatic carbocycles. The standard InChI is InChI=1S/C60H36N2O2/c1-3-15-37(16-4-1)39-27-41(31-43(29-39)61-53-23-11-7-19-45(53)49-35-59-51(33-55(49)61)47-21-9-13-25-57(47)63-59)42-28-40(38-17-5-2-6-18-38)30-44(32-42)62-54-24-12-8-20-46(54)50-36-60-52(34-56(50)62)48-22-10-14-26-58(48)64-60/h1-36H. The molecular formula is C60H36N2O2. The lowest BCUT2D eigenvalue weighted by atomic mass is 9.94. The molecule has 0 spiro atoms. The summed E-state index contributed by atoms with van der Waals surface area (Å²) >= 11 is 0. The number of benzene rings is 10. The van der Waals surface area contributed by atoms with Gasteiger partial charge in [0.2, 0.25) is 0 Å². The lowest BCUT2D eigenvalue weighted by Crippen LogP contribution is -1.98. The summed E-state index contributed by atoms with van der Waals surface area (Å²) in [6.07, 6.45) is 0. The molecule has 0 aliphatic rings. The van der Waals surface area contributed by atoms with Crippen molar-refractivity contribution in [3.05, 3.63) is 218 Å². The highest BCUT2D eigenvalue weighted by Crippen LogP contribution is 2.43. The Bertz CT molecular complexity index is 3910. The molecule has 4 nitrogen and oxygen atoms in total. The Kier molecular flexibility index (Phi) is 7.36. The number of hydrogen-bond donors (Lipinski definition) is 0. The van der Waals surface area contributed by atoms with Crippen LogP contribution >= 0.6 is 0 Å². The zero-order valence-corrected chi connectivity index (χ0v) is 34.5. The maximum absolute atomic E-state index is 6.44. The maximum atomic E-state index is 6.44. The first-order valence-corrected chi connectivity index (χ1v) is 21.8. The molecule has 0 N–H and O–H groups in total. The predicted molar refractivity (Wildman–Crippen MR) is 266 cm³/mol. The van der Waals surface area contributed by atoms with E-state index in [1.807, 2.05) is 12.1 Å². The fraction of sp³-hybridized carbons (Fsp3) is 0. The van der Waals surface area contributed by atoms with E-state index in [1.54, 1.807) is 0 Å². The Morgan fingerprint density at radius 1 is 0.219 bits per heavy atom. The number of fused-ring (bicyclic) bond motifs is 12. The molecule has 0 bridgehead atoms. The van der Waals surface area contributed by atoms with Crippen LogP contribution in [-0.4, -0.2) is 9.13 Å². The Morgan fingerprint density at radius 3 is 1.02 bits per heavy atom. The highest BCUT2D eigenvalue weighted by Gasteiger charge is 2.21. The minimum Gasteiger partial charge on any atom is -0.456 e. The molecule has 14 aromatic rings. The van der Waals surface area contributed by atoms with Crippen LogP contribution in [0.15, 0.2) is 227 Å². The van der Waals surface area contributed by atoms with Gasteiger partial charge in [-0.3, -0.25) is 0 Å². The van der Waals surface area contributed by atoms with Gasteiger partial charge in [-0.15, -0.1) is 0 Å². The third-order valence-corrected chi connectivity index (χ3v) is 13.2. The van der Waals surface area contributed by atoms with Gasteiger partial charge in [-0.1, -0.05) is 133 Å². The smallest absolute Gasteiger partial charge is 0.136 e. The van der Waals surface area contributed by atoms with E-state index in [-0.39, 0.29) is 0 Å². The second kappa shape index (κ2) is 13.4. The van der Waals surface area contributed by atoms with Gasteiger partial charge in [-0.05, 0) is 118 Å². The summed E-state index contributed by atoms with van der Waals surface area (Å²) in [5, 5.41) is 9.15. The normalized spacial score (nSPS) is 12.1. The quantitative estimate of drug-likeness (QED) is 0.173. The van der Waals surface area contributed by atoms with Gasteiger partial charge >= 0.3 is 0 Å². The minimum absolute atomic E-state index is 0.896. The SMILES string of the molecule is c1ccc(-c2cc(-c3cc(-c4ccccc4)cc(-n4c5ccccc5c5cc6oc7ccccc7c6cc54)c3)cc(-n3c4ccccc4c4cc5oc6ccccc6c5cc43)c2)cc1. The van der Waals surface area contributed by atoms with Crippen LogP contribution in [0.5, 0.6) is 0 Å². The van der Waals surface area contributed by atoms with Crippen LogP contribution in [0, 0.1) is 0 Å². The van der Waals surface area contributed by atoms with E-state index in [0.717, 1.165) is 121 Å². The summed E-state index contributed by atoms with van der Waals surface area (Å²) < 4.78 is 17.8. The Morgan fingerprint density at radius 2 is 0.578 bits per heavy atom. The van der Waals surface area contributed by atoms with Crippen molar-refractivity contribution in [2.75, 3.05) is 0 Å². The number of nitrogens with zero attached hydrogens (tertiary/aromatic N) is 2. The molecule has 4 heterocycles. The topological polar surface area (TPSA) is 36.1 Å². The number of rotatable bonds is 5. The second-order valence-corrected chi connectivity index (χ2v) is 16.9. The van der Waals surface area contributed by atoms with E-state index in [4.69, 9.17) is 8.83 Å². The third kappa shape index (κ3) is 5.23. The number of hydrogen-bond acceptors (Lipinski definition) is 2. The van der Waals surface area contributed by atoms with Crippen molar-refractivity contribution < 1.29 is 8.83 Å². The molecule has 14 rings (SSSR count). The molecule has 0 unspecified atom stereocenters. The Labute approximate surface area is 367 Å². The number of furan rings is 2. The molecule has 64 heavy (non-hydrogen) atoms. The highest BCUT2D eigenvalue weighted by atomic mass is 16.3. The summed E-state index contributed by atoms with van der Waals surface area (Å²) in [5.74, 6) is 0. The molecule has 4 aromatic heterocycles. The van der Waals surface area contributed by atoms with Crippen molar-refractivity contribution in [1.82, 2.24) is 9.13 Å². The molecule has 298 valence electrons. The largest absolute Gasteiger partial charge is 0.456 e. The van der Waals surface area contributed by atoms with E-state index >= 15 is 0 Å². The molecule has 0 saturated carbocycles. The molecule has 0 aliphatic heterocycles. The van der Waals surface area contributed by atoms with Crippen LogP contribution in [-0.2, 0) is 0 Å². The summed E-state index contributed by atoms with van der Waals surface area (Å²) in [6, 6.07) is 78.9. The first-order valence-electron chi connectivity index (χ1n) is 21.8. The van der Waals surface area contributed by atoms with Gasteiger partial charge in [-0.25, -0.2) is 0 Å². The van der Waals surface area contributed by atoms with Gasteiger partial charge in [0, 0.05) is 54.5 Å². The van der Waals surface area contributed by atoms with E-state index < -0.39 is 0 Å². The molecule has 0 amide bonds. The van der Waals surface area contributed by atoms with Crippen LogP contribution in [0.25, 0.3) is 132 Å². The average molecular weight is 817 g/mol. The highest BCUT2D eigenvalue weighted by molar-refractivity contribution is 6.18. The summed E-state index contributed by atoms with van der Waals surface area (Å²) in [6.45, 7) is 0. The van der Waals surface area contributed by atoms with Gasteiger partial charge in [0.05, 0.1) is 22.1 Å². The lowest BCUT2D eigenvalue weighted by molar-refractivity contribution is 0.669. The second-order valence-electron chi connectivity index (χ2n) is 16.9. The summed E-state index contributed by atoms with van der Waals surface area (Å²) in [4.78, 5) is 0. The zero-order valence-electron chi connectivity index (χ0n) is 34.5. The van der Waals surface area contributed by atoms with Gasteiger partial charge in [-0.2, -0.15) is 0 Å². The molecule has 10 aromatic carbocycles. The minimum atomic E-state index is 0.896. The van der Waals surface area contributed by atoms with E-state index in [2.05, 4.69) is 215 Å². The third-order valence-electron chi connectivity index (χ3n) is 13.2. The monoisotopic (exact) mass is 816 g/mol. The van der Waals surface area contributed by atoms with Crippen molar-refractivity contribution in [2.24, 2.45) is 0 Å². The summed E-state index contributed by atoms with van der Waals surface area (Å²) in [7, 11) is 0. The van der Waals surface area contributed by atoms with Crippen LogP contribution in [0.4, 0.5) is 0 Å². The van der Waals surface area contributed by atoms with Gasteiger partial charge in [0.25, 0.3) is 0 Å². The van der Waals surface area contributed by atoms with Crippen LogP contribution < -0.4 is 0 Å². The van der Waals surface area contributed by atoms with E-state index in [9.17, 15) is 0 Å². The zero-order chi connectivity index (χ0) is 41.9. The maximum Gasteiger partial charge on any atom is 0.136 e. The molecule has 0 atom stereocenters. The average Bonchev–Trinajstić information content (AvgIpc) is 4.10. The van der Waals surface area contributed by atoms with Crippen molar-refractivity contribution >= 4 is 87.5 Å². The Balaban J connectivity index is 1.06. The van der Waals surface area contributed by atoms with Gasteiger partial charge in [0.15, 0.2) is 0 Å². The lowest BCUT2D eigenvalue weighted by Gasteiger charge is -2.17. The van der Waals surface area contributed by atoms with Crippen LogP contribution in [0.3, 0.4) is 0 Å². The fourth-order valence-electron chi connectivity index (χ4n) is 10.3. The van der Waals surface area contributed by atoms with Gasteiger partial charge in [0.1, 0.15) is 22.3 Å². The predicted octanol–water partition coefficient (Wildman–Crippen LogP) is 16.7. The molecule has 0 fully saturated rings. The number of aromatic nitrogens is 2. The van der Waals surface area contributed by atoms with Crippen molar-refractivity contribution in [3.63, 3.8) is 0 Å². The molecule has 0 radical (unpaired) electrons. The van der Waals surface area contributed by atoms with Crippen LogP contribution in [0.1, 0.15) is 0 Å².